The summed E-state index contributed by atoms with van der Waals surface area (Å²) in [6, 6.07) is 7.91. The number of benzene rings is 2. The zero-order valence-corrected chi connectivity index (χ0v) is 12.9. The zero-order chi connectivity index (χ0) is 15.6. The lowest BCUT2D eigenvalue weighted by Crippen LogP contribution is -2.18. The molecule has 0 fully saturated rings. The van der Waals surface area contributed by atoms with Gasteiger partial charge in [-0.25, -0.2) is 8.78 Å². The number of halogens is 3. The Balaban J connectivity index is 2.36. The lowest BCUT2D eigenvalue weighted by Gasteiger charge is -2.11. The summed E-state index contributed by atoms with van der Waals surface area (Å²) in [7, 11) is 0. The van der Waals surface area contributed by atoms with Crippen molar-refractivity contribution < 1.29 is 13.6 Å². The minimum atomic E-state index is -0.686. The number of hydrogen-bond acceptors (Lipinski definition) is 2. The molecule has 2 rings (SSSR count). The number of amides is 1. The van der Waals surface area contributed by atoms with Crippen LogP contribution in [0.25, 0.3) is 0 Å². The van der Waals surface area contributed by atoms with E-state index in [1.165, 1.54) is 24.3 Å². The van der Waals surface area contributed by atoms with Crippen LogP contribution in [0.15, 0.2) is 40.9 Å². The predicted molar refractivity (Wildman–Crippen MR) is 84.3 cm³/mol. The molecule has 21 heavy (non-hydrogen) atoms. The Morgan fingerprint density at radius 2 is 1.90 bits per heavy atom. The summed E-state index contributed by atoms with van der Waals surface area (Å²) in [5.74, 6) is -1.91. The topological polar surface area (TPSA) is 55.1 Å². The molecule has 7 heteroatoms. The van der Waals surface area contributed by atoms with Gasteiger partial charge in [0.2, 0.25) is 0 Å². The van der Waals surface area contributed by atoms with Crippen molar-refractivity contribution in [1.29, 1.82) is 0 Å². The number of rotatable bonds is 3. The van der Waals surface area contributed by atoms with E-state index in [4.69, 9.17) is 18.0 Å². The van der Waals surface area contributed by atoms with Gasteiger partial charge in [0.05, 0.1) is 15.7 Å². The van der Waals surface area contributed by atoms with Gasteiger partial charge in [-0.15, -0.1) is 0 Å². The molecule has 0 heterocycles. The molecule has 2 aromatic rings. The van der Waals surface area contributed by atoms with E-state index in [-0.39, 0.29) is 26.3 Å². The average molecular weight is 371 g/mol. The van der Waals surface area contributed by atoms with Crippen molar-refractivity contribution in [3.8, 4) is 0 Å². The van der Waals surface area contributed by atoms with Crippen LogP contribution in [0.1, 0.15) is 15.9 Å². The number of thiocarbonyl (C=S) groups is 1. The third-order valence-electron chi connectivity index (χ3n) is 2.69. The fourth-order valence-corrected chi connectivity index (χ4v) is 2.23. The van der Waals surface area contributed by atoms with Crippen LogP contribution in [0.5, 0.6) is 0 Å². The standard InChI is InChI=1S/C14H9BrF2N2OS/c15-10-3-1-2-8(12(10)17)14(20)19-11-5-4-7(16)6-9(11)13(18)21/h1-6H,(H2,18,21)(H,19,20). The Kier molecular flexibility index (Phi) is 4.64. The van der Waals surface area contributed by atoms with Gasteiger partial charge >= 0.3 is 0 Å². The molecule has 0 aliphatic carbocycles. The molecule has 0 saturated carbocycles. The summed E-state index contributed by atoms with van der Waals surface area (Å²) in [6.45, 7) is 0. The molecule has 0 bridgehead atoms. The first-order valence-corrected chi connectivity index (χ1v) is 6.95. The van der Waals surface area contributed by atoms with Gasteiger partial charge in [0.1, 0.15) is 16.6 Å². The zero-order valence-electron chi connectivity index (χ0n) is 10.5. The highest BCUT2D eigenvalue weighted by Crippen LogP contribution is 2.22. The summed E-state index contributed by atoms with van der Waals surface area (Å²) in [6.07, 6.45) is 0. The van der Waals surface area contributed by atoms with Gasteiger partial charge in [0.15, 0.2) is 0 Å². The molecule has 0 aliphatic rings. The molecular formula is C14H9BrF2N2OS. The van der Waals surface area contributed by atoms with Crippen LogP contribution < -0.4 is 11.1 Å². The minimum Gasteiger partial charge on any atom is -0.389 e. The lowest BCUT2D eigenvalue weighted by molar-refractivity contribution is 0.102. The number of hydrogen-bond donors (Lipinski definition) is 2. The second-order valence-corrected chi connectivity index (χ2v) is 5.40. The number of nitrogens with one attached hydrogen (secondary N) is 1. The Morgan fingerprint density at radius 3 is 2.57 bits per heavy atom. The molecule has 3 N–H and O–H groups in total. The first kappa shape index (κ1) is 15.5. The van der Waals surface area contributed by atoms with Crippen LogP contribution in [0, 0.1) is 11.6 Å². The highest BCUT2D eigenvalue weighted by Gasteiger charge is 2.16. The second kappa shape index (κ2) is 6.28. The number of carbonyl (C=O) groups excluding carboxylic acids is 1. The van der Waals surface area contributed by atoms with E-state index in [2.05, 4.69) is 21.2 Å². The van der Waals surface area contributed by atoms with Crippen molar-refractivity contribution in [2.75, 3.05) is 5.32 Å². The predicted octanol–water partition coefficient (Wildman–Crippen LogP) is 3.61. The highest BCUT2D eigenvalue weighted by molar-refractivity contribution is 9.10. The molecular weight excluding hydrogens is 362 g/mol. The van der Waals surface area contributed by atoms with E-state index in [1.807, 2.05) is 0 Å². The number of carbonyl (C=O) groups is 1. The van der Waals surface area contributed by atoms with Crippen molar-refractivity contribution in [2.45, 2.75) is 0 Å². The van der Waals surface area contributed by atoms with Crippen LogP contribution >= 0.6 is 28.1 Å². The van der Waals surface area contributed by atoms with Crippen molar-refractivity contribution in [3.63, 3.8) is 0 Å². The van der Waals surface area contributed by atoms with Gasteiger partial charge in [-0.05, 0) is 46.3 Å². The van der Waals surface area contributed by atoms with Crippen LogP contribution in [0.4, 0.5) is 14.5 Å². The average Bonchev–Trinajstić information content (AvgIpc) is 2.43. The molecule has 0 radical (unpaired) electrons. The molecule has 3 nitrogen and oxygen atoms in total. The van der Waals surface area contributed by atoms with Crippen molar-refractivity contribution in [2.24, 2.45) is 5.73 Å². The fraction of sp³-hybridized carbons (Fsp3) is 0. The molecule has 0 aromatic heterocycles. The maximum absolute atomic E-state index is 13.9. The first-order chi connectivity index (χ1) is 9.90. The second-order valence-electron chi connectivity index (χ2n) is 4.11. The van der Waals surface area contributed by atoms with Gasteiger partial charge < -0.3 is 11.1 Å². The molecule has 0 unspecified atom stereocenters. The van der Waals surface area contributed by atoms with E-state index in [0.717, 1.165) is 12.1 Å². The summed E-state index contributed by atoms with van der Waals surface area (Å²) in [4.78, 5) is 12.0. The Bertz CT molecular complexity index is 737. The number of nitrogens with two attached hydrogens (primary N) is 1. The Labute approximate surface area is 133 Å². The van der Waals surface area contributed by atoms with Gasteiger partial charge in [-0.1, -0.05) is 18.3 Å². The number of anilines is 1. The van der Waals surface area contributed by atoms with Crippen molar-refractivity contribution >= 4 is 44.7 Å². The normalized spacial score (nSPS) is 10.2. The van der Waals surface area contributed by atoms with E-state index in [9.17, 15) is 13.6 Å². The molecule has 0 atom stereocenters. The Morgan fingerprint density at radius 1 is 1.19 bits per heavy atom. The summed E-state index contributed by atoms with van der Waals surface area (Å²) in [5, 5.41) is 2.47. The van der Waals surface area contributed by atoms with E-state index in [1.54, 1.807) is 0 Å². The summed E-state index contributed by atoms with van der Waals surface area (Å²) in [5.41, 5.74) is 5.72. The highest BCUT2D eigenvalue weighted by atomic mass is 79.9. The monoisotopic (exact) mass is 370 g/mol. The maximum Gasteiger partial charge on any atom is 0.258 e. The lowest BCUT2D eigenvalue weighted by atomic mass is 10.1. The Hall–Kier alpha value is -1.86. The molecule has 1 amide bonds. The summed E-state index contributed by atoms with van der Waals surface area (Å²) >= 11 is 7.81. The molecule has 0 saturated heterocycles. The van der Waals surface area contributed by atoms with Crippen molar-refractivity contribution in [3.05, 3.63) is 63.6 Å². The van der Waals surface area contributed by atoms with Gasteiger partial charge in [-0.3, -0.25) is 4.79 Å². The molecule has 0 spiro atoms. The van der Waals surface area contributed by atoms with Crippen LogP contribution in [-0.4, -0.2) is 10.9 Å². The maximum atomic E-state index is 13.9. The molecule has 2 aromatic carbocycles. The van der Waals surface area contributed by atoms with Crippen LogP contribution in [0.2, 0.25) is 0 Å². The van der Waals surface area contributed by atoms with Gasteiger partial charge in [0.25, 0.3) is 5.91 Å². The summed E-state index contributed by atoms with van der Waals surface area (Å²) < 4.78 is 27.2. The quantitative estimate of drug-likeness (QED) is 0.811. The van der Waals surface area contributed by atoms with E-state index >= 15 is 0 Å². The van der Waals surface area contributed by atoms with Crippen molar-refractivity contribution in [1.82, 2.24) is 0 Å². The third kappa shape index (κ3) is 3.43. The van der Waals surface area contributed by atoms with E-state index < -0.39 is 17.5 Å². The van der Waals surface area contributed by atoms with Crippen LogP contribution in [-0.2, 0) is 0 Å². The van der Waals surface area contributed by atoms with Crippen LogP contribution in [0.3, 0.4) is 0 Å². The molecule has 0 aliphatic heterocycles. The third-order valence-corrected chi connectivity index (χ3v) is 3.52. The fourth-order valence-electron chi connectivity index (χ4n) is 1.70. The minimum absolute atomic E-state index is 0.0699. The largest absolute Gasteiger partial charge is 0.389 e. The first-order valence-electron chi connectivity index (χ1n) is 5.75. The molecule has 108 valence electrons. The van der Waals surface area contributed by atoms with E-state index in [0.29, 0.717) is 0 Å². The SMILES string of the molecule is NC(=S)c1cc(F)ccc1NC(=O)c1cccc(Br)c1F. The smallest absolute Gasteiger partial charge is 0.258 e. The van der Waals surface area contributed by atoms with Gasteiger partial charge in [-0.2, -0.15) is 0 Å². The van der Waals surface area contributed by atoms with Gasteiger partial charge in [0, 0.05) is 5.56 Å².